The highest BCUT2D eigenvalue weighted by molar-refractivity contribution is 6.35. The van der Waals surface area contributed by atoms with E-state index >= 15 is 0 Å². The van der Waals surface area contributed by atoms with Crippen molar-refractivity contribution in [2.24, 2.45) is 0 Å². The maximum atomic E-state index is 14.4. The van der Waals surface area contributed by atoms with Crippen LogP contribution < -0.4 is 5.32 Å². The fraction of sp³-hybridized carbons (Fsp3) is 0.321. The van der Waals surface area contributed by atoms with E-state index in [0.717, 1.165) is 37.0 Å². The van der Waals surface area contributed by atoms with Gasteiger partial charge in [0.2, 0.25) is 0 Å². The molecule has 0 bridgehead atoms. The van der Waals surface area contributed by atoms with Crippen molar-refractivity contribution in [2.75, 3.05) is 38.0 Å². The lowest BCUT2D eigenvalue weighted by Gasteiger charge is -2.29. The maximum Gasteiger partial charge on any atom is 0.256 e. The van der Waals surface area contributed by atoms with Gasteiger partial charge in [-0.15, -0.1) is 0 Å². The number of aromatic amines is 1. The largest absolute Gasteiger partial charge is 0.358 e. The predicted octanol–water partition coefficient (Wildman–Crippen LogP) is 4.50. The van der Waals surface area contributed by atoms with Crippen LogP contribution in [0.3, 0.4) is 0 Å². The number of benzene rings is 1. The lowest BCUT2D eigenvalue weighted by molar-refractivity contribution is -0.110. The van der Waals surface area contributed by atoms with Crippen LogP contribution in [0, 0.1) is 18.6 Å². The number of aromatic nitrogens is 2. The van der Waals surface area contributed by atoms with Gasteiger partial charge in [0.1, 0.15) is 11.6 Å². The van der Waals surface area contributed by atoms with Gasteiger partial charge < -0.3 is 20.1 Å². The summed E-state index contributed by atoms with van der Waals surface area (Å²) in [6.45, 7) is 10.1. The normalized spacial score (nSPS) is 15.9. The average molecular weight is 506 g/mol. The Morgan fingerprint density at radius 1 is 1.14 bits per heavy atom. The van der Waals surface area contributed by atoms with Crippen molar-refractivity contribution in [3.05, 3.63) is 70.2 Å². The molecule has 2 aliphatic heterocycles. The zero-order valence-corrected chi connectivity index (χ0v) is 21.1. The van der Waals surface area contributed by atoms with Crippen LogP contribution in [0.5, 0.6) is 0 Å². The van der Waals surface area contributed by atoms with Gasteiger partial charge in [0.25, 0.3) is 11.8 Å². The Morgan fingerprint density at radius 3 is 2.65 bits per heavy atom. The van der Waals surface area contributed by atoms with Gasteiger partial charge in [0.05, 0.1) is 28.7 Å². The summed E-state index contributed by atoms with van der Waals surface area (Å²) in [5.41, 5.74) is 4.91. The van der Waals surface area contributed by atoms with Gasteiger partial charge in [-0.05, 0) is 49.9 Å². The van der Waals surface area contributed by atoms with Crippen molar-refractivity contribution in [1.29, 1.82) is 0 Å². The van der Waals surface area contributed by atoms with Crippen LogP contribution in [0.25, 0.3) is 22.9 Å². The highest BCUT2D eigenvalue weighted by Gasteiger charge is 2.31. The standard InChI is InChI=1S/C28H29F2N5O2/c1-4-34(5-2)10-11-35-9-8-22-26(28(35)37)16(3)23(32-22)14-20-19-13-24(31-15-25(19)33-27(20)36)18-7-6-17(29)12-21(18)30/h6-7,12-15,32H,4-5,8-11H2,1-3H3,(H,33,36)/b20-14-. The molecule has 0 unspecified atom stereocenters. The molecule has 2 amide bonds. The van der Waals surface area contributed by atoms with Crippen LogP contribution in [0.1, 0.15) is 46.7 Å². The van der Waals surface area contributed by atoms with E-state index in [1.54, 1.807) is 12.1 Å². The first-order valence-corrected chi connectivity index (χ1v) is 12.5. The Hall–Kier alpha value is -3.85. The smallest absolute Gasteiger partial charge is 0.256 e. The number of amides is 2. The van der Waals surface area contributed by atoms with E-state index in [9.17, 15) is 18.4 Å². The number of carbonyl (C=O) groups is 2. The molecule has 1 aromatic carbocycles. The molecule has 5 rings (SSSR count). The fourth-order valence-corrected chi connectivity index (χ4v) is 5.04. The maximum absolute atomic E-state index is 14.4. The molecule has 2 aromatic heterocycles. The monoisotopic (exact) mass is 505 g/mol. The van der Waals surface area contributed by atoms with Crippen LogP contribution in [-0.4, -0.2) is 64.3 Å². The van der Waals surface area contributed by atoms with E-state index in [4.69, 9.17) is 0 Å². The predicted molar refractivity (Wildman–Crippen MR) is 139 cm³/mol. The van der Waals surface area contributed by atoms with Crippen molar-refractivity contribution < 1.29 is 18.4 Å². The van der Waals surface area contributed by atoms with E-state index < -0.39 is 11.6 Å². The Bertz CT molecular complexity index is 1420. The van der Waals surface area contributed by atoms with E-state index in [0.29, 0.717) is 53.3 Å². The van der Waals surface area contributed by atoms with Gasteiger partial charge in [0, 0.05) is 54.6 Å². The molecule has 192 valence electrons. The Balaban J connectivity index is 1.46. The fourth-order valence-electron chi connectivity index (χ4n) is 5.04. The quantitative estimate of drug-likeness (QED) is 0.464. The molecule has 0 radical (unpaired) electrons. The van der Waals surface area contributed by atoms with Gasteiger partial charge in [-0.2, -0.15) is 0 Å². The first-order chi connectivity index (χ1) is 17.8. The minimum Gasteiger partial charge on any atom is -0.358 e. The number of likely N-dealkylation sites (N-methyl/N-ethyl adjacent to an activating group) is 1. The second-order valence-corrected chi connectivity index (χ2v) is 9.34. The third-order valence-electron chi connectivity index (χ3n) is 7.26. The van der Waals surface area contributed by atoms with Crippen LogP contribution in [0.2, 0.25) is 0 Å². The van der Waals surface area contributed by atoms with Crippen LogP contribution in [0.15, 0.2) is 30.5 Å². The molecule has 0 fully saturated rings. The Kier molecular flexibility index (Phi) is 6.64. The minimum atomic E-state index is -0.729. The summed E-state index contributed by atoms with van der Waals surface area (Å²) < 4.78 is 27.8. The number of nitrogens with zero attached hydrogens (tertiary/aromatic N) is 3. The number of pyridine rings is 1. The van der Waals surface area contributed by atoms with Gasteiger partial charge in [-0.3, -0.25) is 14.6 Å². The average Bonchev–Trinajstić information content (AvgIpc) is 3.37. The number of fused-ring (bicyclic) bond motifs is 2. The van der Waals surface area contributed by atoms with Crippen molar-refractivity contribution in [3.63, 3.8) is 0 Å². The van der Waals surface area contributed by atoms with Crippen molar-refractivity contribution >= 4 is 29.2 Å². The van der Waals surface area contributed by atoms with Gasteiger partial charge in [-0.25, -0.2) is 8.78 Å². The third-order valence-corrected chi connectivity index (χ3v) is 7.26. The summed E-state index contributed by atoms with van der Waals surface area (Å²) in [5, 5.41) is 2.79. The molecule has 0 saturated heterocycles. The lowest BCUT2D eigenvalue weighted by Crippen LogP contribution is -2.42. The number of carbonyl (C=O) groups excluding carboxylic acids is 2. The lowest BCUT2D eigenvalue weighted by atomic mass is 10.0. The Labute approximate surface area is 214 Å². The number of hydrogen-bond donors (Lipinski definition) is 2. The second kappa shape index (κ2) is 9.89. The molecule has 37 heavy (non-hydrogen) atoms. The van der Waals surface area contributed by atoms with Crippen molar-refractivity contribution in [1.82, 2.24) is 19.8 Å². The van der Waals surface area contributed by atoms with Crippen molar-refractivity contribution in [2.45, 2.75) is 27.2 Å². The summed E-state index contributed by atoms with van der Waals surface area (Å²) in [6.07, 6.45) is 3.91. The van der Waals surface area contributed by atoms with Gasteiger partial charge in [0.15, 0.2) is 0 Å². The molecule has 0 atom stereocenters. The number of rotatable bonds is 7. The number of hydrogen-bond acceptors (Lipinski definition) is 4. The third kappa shape index (κ3) is 4.55. The highest BCUT2D eigenvalue weighted by atomic mass is 19.1. The number of nitrogens with one attached hydrogen (secondary N) is 2. The second-order valence-electron chi connectivity index (χ2n) is 9.34. The first kappa shape index (κ1) is 24.8. The summed E-state index contributed by atoms with van der Waals surface area (Å²) >= 11 is 0. The van der Waals surface area contributed by atoms with Gasteiger partial charge >= 0.3 is 0 Å². The van der Waals surface area contributed by atoms with Crippen LogP contribution in [-0.2, 0) is 11.2 Å². The van der Waals surface area contributed by atoms with E-state index in [1.165, 1.54) is 18.3 Å². The molecule has 9 heteroatoms. The summed E-state index contributed by atoms with van der Waals surface area (Å²) in [7, 11) is 0. The molecule has 2 aliphatic rings. The van der Waals surface area contributed by atoms with Crippen molar-refractivity contribution in [3.8, 4) is 11.3 Å². The van der Waals surface area contributed by atoms with Crippen LogP contribution >= 0.6 is 0 Å². The molecular formula is C28H29F2N5O2. The summed E-state index contributed by atoms with van der Waals surface area (Å²) in [5.74, 6) is -1.71. The van der Waals surface area contributed by atoms with E-state index in [-0.39, 0.29) is 17.4 Å². The molecule has 2 N–H and O–H groups in total. The number of anilines is 1. The molecule has 7 nitrogen and oxygen atoms in total. The molecule has 0 spiro atoms. The highest BCUT2D eigenvalue weighted by Crippen LogP contribution is 2.37. The number of H-pyrrole nitrogens is 1. The van der Waals surface area contributed by atoms with Crippen LogP contribution in [0.4, 0.5) is 14.5 Å². The topological polar surface area (TPSA) is 81.3 Å². The SMILES string of the molecule is CCN(CC)CCN1CCc2[nH]c(/C=C3\C(=O)Nc4cnc(-c5ccc(F)cc5F)cc43)c(C)c2C1=O. The molecular weight excluding hydrogens is 476 g/mol. The minimum absolute atomic E-state index is 0.00125. The van der Waals surface area contributed by atoms with E-state index in [1.807, 2.05) is 11.8 Å². The zero-order chi connectivity index (χ0) is 26.3. The summed E-state index contributed by atoms with van der Waals surface area (Å²) in [4.78, 5) is 37.9. The van der Waals surface area contributed by atoms with Gasteiger partial charge in [-0.1, -0.05) is 13.8 Å². The van der Waals surface area contributed by atoms with E-state index in [2.05, 4.69) is 34.0 Å². The molecule has 0 aliphatic carbocycles. The molecule has 0 saturated carbocycles. The zero-order valence-electron chi connectivity index (χ0n) is 21.1. The molecule has 3 aromatic rings. The summed E-state index contributed by atoms with van der Waals surface area (Å²) in [6, 6.07) is 4.92. The number of halogens is 2. The first-order valence-electron chi connectivity index (χ1n) is 12.5. The molecule has 4 heterocycles. The Morgan fingerprint density at radius 2 is 1.92 bits per heavy atom.